The third-order valence-corrected chi connectivity index (χ3v) is 1.49. The van der Waals surface area contributed by atoms with Crippen molar-refractivity contribution < 1.29 is 19.0 Å². The first-order valence-electron chi connectivity index (χ1n) is 2.78. The van der Waals surface area contributed by atoms with Gasteiger partial charge in [0.2, 0.25) is 0 Å². The van der Waals surface area contributed by atoms with Gasteiger partial charge in [-0.1, -0.05) is 0 Å². The lowest BCUT2D eigenvalue weighted by Gasteiger charge is -1.95. The molecule has 0 aromatic heterocycles. The summed E-state index contributed by atoms with van der Waals surface area (Å²) < 4.78 is 14.5. The molecule has 0 bridgehead atoms. The second-order valence-electron chi connectivity index (χ2n) is 2.04. The third kappa shape index (κ3) is 0.635. The van der Waals surface area contributed by atoms with Crippen molar-refractivity contribution in [2.24, 2.45) is 0 Å². The molecule has 50 valence electrons. The molecule has 0 aromatic rings. The topological polar surface area (TPSA) is 44.8 Å². The van der Waals surface area contributed by atoms with Crippen LogP contribution in [0.2, 0.25) is 0 Å². The molecule has 0 aliphatic carbocycles. The summed E-state index contributed by atoms with van der Waals surface area (Å²) in [5.41, 5.74) is 0. The maximum absolute atomic E-state index is 10.6. The first kappa shape index (κ1) is 5.20. The van der Waals surface area contributed by atoms with Crippen LogP contribution in [0.5, 0.6) is 0 Å². The van der Waals surface area contributed by atoms with Gasteiger partial charge >= 0.3 is 5.97 Å². The van der Waals surface area contributed by atoms with Crippen molar-refractivity contribution in [3.63, 3.8) is 0 Å². The van der Waals surface area contributed by atoms with E-state index >= 15 is 0 Å². The van der Waals surface area contributed by atoms with Crippen LogP contribution in [0.25, 0.3) is 0 Å². The SMILES string of the molecule is O=C1OC[C@H]2OCO[C@@H]12. The smallest absolute Gasteiger partial charge is 0.338 e. The van der Waals surface area contributed by atoms with E-state index in [0.29, 0.717) is 6.61 Å². The lowest BCUT2D eigenvalue weighted by molar-refractivity contribution is -0.148. The number of carbonyl (C=O) groups excluding carboxylic acids is 1. The van der Waals surface area contributed by atoms with Gasteiger partial charge in [0.15, 0.2) is 6.10 Å². The van der Waals surface area contributed by atoms with Crippen molar-refractivity contribution in [2.45, 2.75) is 12.2 Å². The number of rotatable bonds is 0. The van der Waals surface area contributed by atoms with E-state index in [1.165, 1.54) is 0 Å². The number of cyclic esters (lactones) is 1. The third-order valence-electron chi connectivity index (χ3n) is 1.49. The van der Waals surface area contributed by atoms with Gasteiger partial charge in [-0.3, -0.25) is 0 Å². The van der Waals surface area contributed by atoms with Gasteiger partial charge in [-0.2, -0.15) is 0 Å². The van der Waals surface area contributed by atoms with E-state index in [9.17, 15) is 4.79 Å². The minimum absolute atomic E-state index is 0.141. The normalized spacial score (nSPS) is 40.7. The molecule has 0 radical (unpaired) electrons. The van der Waals surface area contributed by atoms with Crippen LogP contribution in [0.4, 0.5) is 0 Å². The molecule has 2 fully saturated rings. The average molecular weight is 130 g/mol. The van der Waals surface area contributed by atoms with Crippen molar-refractivity contribution in [2.75, 3.05) is 13.4 Å². The zero-order valence-electron chi connectivity index (χ0n) is 4.70. The van der Waals surface area contributed by atoms with Crippen LogP contribution in [-0.2, 0) is 19.0 Å². The van der Waals surface area contributed by atoms with Crippen molar-refractivity contribution in [3.05, 3.63) is 0 Å². The Balaban J connectivity index is 2.15. The van der Waals surface area contributed by atoms with Crippen LogP contribution in [0.3, 0.4) is 0 Å². The van der Waals surface area contributed by atoms with Gasteiger partial charge < -0.3 is 14.2 Å². The zero-order chi connectivity index (χ0) is 6.27. The molecule has 0 unspecified atom stereocenters. The molecule has 2 heterocycles. The highest BCUT2D eigenvalue weighted by Crippen LogP contribution is 2.20. The van der Waals surface area contributed by atoms with Crippen molar-refractivity contribution in [1.82, 2.24) is 0 Å². The summed E-state index contributed by atoms with van der Waals surface area (Å²) in [6.45, 7) is 0.577. The van der Waals surface area contributed by atoms with Gasteiger partial charge in [0.25, 0.3) is 0 Å². The molecule has 9 heavy (non-hydrogen) atoms. The fraction of sp³-hybridized carbons (Fsp3) is 0.800. The molecule has 2 aliphatic heterocycles. The maximum atomic E-state index is 10.6. The average Bonchev–Trinajstić information content (AvgIpc) is 2.35. The summed E-state index contributed by atoms with van der Waals surface area (Å²) in [5, 5.41) is 0. The number of ether oxygens (including phenoxy) is 3. The summed E-state index contributed by atoms with van der Waals surface area (Å²) >= 11 is 0. The monoisotopic (exact) mass is 130 g/mol. The Bertz CT molecular complexity index is 144. The summed E-state index contributed by atoms with van der Waals surface area (Å²) in [4.78, 5) is 10.6. The van der Waals surface area contributed by atoms with Gasteiger partial charge in [-0.05, 0) is 0 Å². The van der Waals surface area contributed by atoms with Crippen LogP contribution in [0.15, 0.2) is 0 Å². The Kier molecular flexibility index (Phi) is 0.972. The van der Waals surface area contributed by atoms with E-state index in [4.69, 9.17) is 9.47 Å². The predicted octanol–water partition coefficient (Wildman–Crippen LogP) is -0.715. The van der Waals surface area contributed by atoms with E-state index in [1.807, 2.05) is 0 Å². The fourth-order valence-electron chi connectivity index (χ4n) is 0.996. The molecule has 2 rings (SSSR count). The molecular formula is C5H6O4. The number of hydrogen-bond donors (Lipinski definition) is 0. The lowest BCUT2D eigenvalue weighted by Crippen LogP contribution is -2.22. The fourth-order valence-corrected chi connectivity index (χ4v) is 0.996. The Morgan fingerprint density at radius 2 is 2.33 bits per heavy atom. The zero-order valence-corrected chi connectivity index (χ0v) is 4.70. The van der Waals surface area contributed by atoms with Crippen LogP contribution < -0.4 is 0 Å². The van der Waals surface area contributed by atoms with E-state index < -0.39 is 6.10 Å². The predicted molar refractivity (Wildman–Crippen MR) is 25.6 cm³/mol. The van der Waals surface area contributed by atoms with Crippen LogP contribution >= 0.6 is 0 Å². The summed E-state index contributed by atoms with van der Waals surface area (Å²) in [6, 6.07) is 0. The number of fused-ring (bicyclic) bond motifs is 1. The highest BCUT2D eigenvalue weighted by Gasteiger charge is 2.42. The van der Waals surface area contributed by atoms with Crippen molar-refractivity contribution in [1.29, 1.82) is 0 Å². The molecule has 4 nitrogen and oxygen atoms in total. The van der Waals surface area contributed by atoms with E-state index in [2.05, 4.69) is 4.74 Å². The quantitative estimate of drug-likeness (QED) is 0.406. The van der Waals surface area contributed by atoms with Gasteiger partial charge in [0, 0.05) is 0 Å². The minimum Gasteiger partial charge on any atom is -0.461 e. The Morgan fingerprint density at radius 3 is 3.11 bits per heavy atom. The summed E-state index contributed by atoms with van der Waals surface area (Å²) in [6.07, 6.45) is -0.581. The molecule has 0 saturated carbocycles. The van der Waals surface area contributed by atoms with E-state index in [-0.39, 0.29) is 18.9 Å². The Labute approximate surface area is 51.7 Å². The molecule has 2 aliphatic rings. The molecule has 0 aromatic carbocycles. The molecular weight excluding hydrogens is 124 g/mol. The largest absolute Gasteiger partial charge is 0.461 e. The lowest BCUT2D eigenvalue weighted by atomic mass is 10.3. The summed E-state index contributed by atoms with van der Waals surface area (Å²) in [7, 11) is 0. The molecule has 2 atom stereocenters. The van der Waals surface area contributed by atoms with E-state index in [1.54, 1.807) is 0 Å². The molecule has 0 N–H and O–H groups in total. The summed E-state index contributed by atoms with van der Waals surface area (Å²) in [5.74, 6) is -0.294. The van der Waals surface area contributed by atoms with Crippen LogP contribution in [-0.4, -0.2) is 31.6 Å². The molecule has 0 amide bonds. The van der Waals surface area contributed by atoms with Crippen molar-refractivity contribution >= 4 is 5.97 Å². The number of carbonyl (C=O) groups is 1. The number of esters is 1. The van der Waals surface area contributed by atoms with Crippen molar-refractivity contribution in [3.8, 4) is 0 Å². The van der Waals surface area contributed by atoms with Gasteiger partial charge in [-0.15, -0.1) is 0 Å². The standard InChI is InChI=1S/C5H6O4/c6-5-4-3(1-7-5)8-2-9-4/h3-4H,1-2H2/t3-,4-/m1/s1. The first-order chi connectivity index (χ1) is 4.38. The highest BCUT2D eigenvalue weighted by atomic mass is 16.7. The minimum atomic E-state index is -0.440. The van der Waals surface area contributed by atoms with Crippen LogP contribution in [0, 0.1) is 0 Å². The van der Waals surface area contributed by atoms with Crippen LogP contribution in [0.1, 0.15) is 0 Å². The van der Waals surface area contributed by atoms with Gasteiger partial charge in [-0.25, -0.2) is 4.79 Å². The highest BCUT2D eigenvalue weighted by molar-refractivity contribution is 5.77. The second kappa shape index (κ2) is 1.68. The molecule has 4 heteroatoms. The first-order valence-corrected chi connectivity index (χ1v) is 2.78. The molecule has 2 saturated heterocycles. The van der Waals surface area contributed by atoms with E-state index in [0.717, 1.165) is 0 Å². The second-order valence-corrected chi connectivity index (χ2v) is 2.04. The van der Waals surface area contributed by atoms with Gasteiger partial charge in [0.05, 0.1) is 0 Å². The van der Waals surface area contributed by atoms with Gasteiger partial charge in [0.1, 0.15) is 19.5 Å². The number of hydrogen-bond acceptors (Lipinski definition) is 4. The molecule has 0 spiro atoms. The maximum Gasteiger partial charge on any atom is 0.338 e. The Hall–Kier alpha value is -0.610. The Morgan fingerprint density at radius 1 is 1.44 bits per heavy atom.